The second-order valence-electron chi connectivity index (χ2n) is 13.0. The van der Waals surface area contributed by atoms with Gasteiger partial charge in [0, 0.05) is 24.1 Å². The van der Waals surface area contributed by atoms with E-state index in [-0.39, 0.29) is 28.9 Å². The standard InChI is InChI=1S/C30H45NO3S/c1-5-24(26-7-6-14-35-26)31-27(34)15-18(2)21-8-9-22-28-23(11-13-30(21,22)4)29(3)12-10-20(32)16-19(29)17-25(28)33/h6-7,14,18-19,21-25,28,33H,5,8-13,15-17H2,1-4H3,(H,31,34)/t18-,19+,21-,22+,23+,24+,25?,28+,29+,30-/m1/s1. The van der Waals surface area contributed by atoms with Gasteiger partial charge in [-0.25, -0.2) is 0 Å². The average molecular weight is 500 g/mol. The Hall–Kier alpha value is -1.20. The molecule has 5 rings (SSSR count). The third-order valence-electron chi connectivity index (χ3n) is 11.4. The molecule has 1 aromatic heterocycles. The smallest absolute Gasteiger partial charge is 0.220 e. The minimum absolute atomic E-state index is 0.116. The number of carbonyl (C=O) groups excluding carboxylic acids is 2. The van der Waals surface area contributed by atoms with Crippen molar-refractivity contribution in [1.29, 1.82) is 0 Å². The maximum atomic E-state index is 13.1. The van der Waals surface area contributed by atoms with Gasteiger partial charge in [-0.05, 0) is 103 Å². The fourth-order valence-corrected chi connectivity index (χ4v) is 10.4. The number of rotatable bonds is 6. The fraction of sp³-hybridized carbons (Fsp3) is 0.800. The molecule has 4 aliphatic carbocycles. The molecule has 4 aliphatic rings. The SMILES string of the molecule is CC[C@H](NC(=O)C[C@@H](C)[C@H]1CC[C@H]2[C@@H]3C(O)C[C@@H]4CC(=O)CC[C@]4(C)[C@H]3CC[C@]12C)c1cccs1. The lowest BCUT2D eigenvalue weighted by Crippen LogP contribution is -2.58. The van der Waals surface area contributed by atoms with Gasteiger partial charge in [-0.1, -0.05) is 33.8 Å². The summed E-state index contributed by atoms with van der Waals surface area (Å²) < 4.78 is 0. The number of fused-ring (bicyclic) bond motifs is 5. The van der Waals surface area contributed by atoms with Gasteiger partial charge < -0.3 is 10.4 Å². The molecule has 4 fully saturated rings. The molecule has 0 saturated heterocycles. The number of aliphatic hydroxyl groups excluding tert-OH is 1. The molecule has 4 saturated carbocycles. The third-order valence-corrected chi connectivity index (χ3v) is 12.4. The molecule has 194 valence electrons. The molecule has 1 aromatic rings. The van der Waals surface area contributed by atoms with E-state index < -0.39 is 0 Å². The van der Waals surface area contributed by atoms with Crippen LogP contribution in [0.1, 0.15) is 103 Å². The van der Waals surface area contributed by atoms with Crippen LogP contribution < -0.4 is 5.32 Å². The summed E-state index contributed by atoms with van der Waals surface area (Å²) in [7, 11) is 0. The van der Waals surface area contributed by atoms with Crippen LogP contribution in [0.4, 0.5) is 0 Å². The van der Waals surface area contributed by atoms with Crippen LogP contribution in [-0.2, 0) is 9.59 Å². The molecule has 0 bridgehead atoms. The van der Waals surface area contributed by atoms with Gasteiger partial charge in [0.15, 0.2) is 0 Å². The van der Waals surface area contributed by atoms with Gasteiger partial charge in [0.25, 0.3) is 0 Å². The van der Waals surface area contributed by atoms with Crippen LogP contribution in [0.3, 0.4) is 0 Å². The van der Waals surface area contributed by atoms with Gasteiger partial charge in [-0.2, -0.15) is 0 Å². The zero-order valence-electron chi connectivity index (χ0n) is 22.1. The minimum Gasteiger partial charge on any atom is -0.393 e. The third kappa shape index (κ3) is 4.33. The van der Waals surface area contributed by atoms with Crippen molar-refractivity contribution in [2.24, 2.45) is 46.3 Å². The number of amides is 1. The Morgan fingerprint density at radius 1 is 1.20 bits per heavy atom. The number of nitrogens with one attached hydrogen (secondary N) is 1. The highest BCUT2D eigenvalue weighted by atomic mass is 32.1. The first-order valence-corrected chi connectivity index (χ1v) is 15.1. The molecule has 2 N–H and O–H groups in total. The van der Waals surface area contributed by atoms with Crippen molar-refractivity contribution in [3.05, 3.63) is 22.4 Å². The zero-order valence-corrected chi connectivity index (χ0v) is 22.9. The predicted octanol–water partition coefficient (Wildman–Crippen LogP) is 6.54. The summed E-state index contributed by atoms with van der Waals surface area (Å²) in [6, 6.07) is 4.29. The lowest BCUT2D eigenvalue weighted by Gasteiger charge is -2.61. The van der Waals surface area contributed by atoms with Crippen LogP contribution in [0.5, 0.6) is 0 Å². The summed E-state index contributed by atoms with van der Waals surface area (Å²) in [5.41, 5.74) is 0.410. The van der Waals surface area contributed by atoms with Crippen LogP contribution in [-0.4, -0.2) is 22.9 Å². The number of carbonyl (C=O) groups is 2. The highest BCUT2D eigenvalue weighted by molar-refractivity contribution is 7.10. The first kappa shape index (κ1) is 25.4. The Kier molecular flexibility index (Phi) is 6.98. The van der Waals surface area contributed by atoms with Crippen molar-refractivity contribution in [1.82, 2.24) is 5.32 Å². The van der Waals surface area contributed by atoms with Gasteiger partial charge in [0.2, 0.25) is 5.91 Å². The Morgan fingerprint density at radius 2 is 1.97 bits per heavy atom. The maximum absolute atomic E-state index is 13.1. The summed E-state index contributed by atoms with van der Waals surface area (Å²) in [4.78, 5) is 26.5. The molecule has 0 aliphatic heterocycles. The van der Waals surface area contributed by atoms with E-state index in [0.717, 1.165) is 25.7 Å². The Labute approximate surface area is 215 Å². The number of hydrogen-bond acceptors (Lipinski definition) is 4. The lowest BCUT2D eigenvalue weighted by molar-refractivity contribution is -0.169. The van der Waals surface area contributed by atoms with Gasteiger partial charge in [-0.3, -0.25) is 9.59 Å². The van der Waals surface area contributed by atoms with E-state index in [2.05, 4.69) is 50.5 Å². The van der Waals surface area contributed by atoms with Crippen molar-refractivity contribution in [2.45, 2.75) is 104 Å². The van der Waals surface area contributed by atoms with Crippen LogP contribution in [0.15, 0.2) is 17.5 Å². The molecule has 0 radical (unpaired) electrons. The van der Waals surface area contributed by atoms with Gasteiger partial charge >= 0.3 is 0 Å². The molecule has 0 spiro atoms. The molecule has 1 heterocycles. The largest absolute Gasteiger partial charge is 0.393 e. The van der Waals surface area contributed by atoms with Crippen molar-refractivity contribution >= 4 is 23.0 Å². The highest BCUT2D eigenvalue weighted by Crippen LogP contribution is 2.68. The van der Waals surface area contributed by atoms with E-state index in [1.165, 1.54) is 30.6 Å². The van der Waals surface area contributed by atoms with E-state index in [4.69, 9.17) is 0 Å². The van der Waals surface area contributed by atoms with E-state index in [1.807, 2.05) is 0 Å². The summed E-state index contributed by atoms with van der Waals surface area (Å²) in [5, 5.41) is 16.8. The zero-order chi connectivity index (χ0) is 25.0. The number of ketones is 1. The number of hydrogen-bond donors (Lipinski definition) is 2. The van der Waals surface area contributed by atoms with Crippen molar-refractivity contribution in [3.8, 4) is 0 Å². The molecule has 35 heavy (non-hydrogen) atoms. The molecule has 5 heteroatoms. The first-order chi connectivity index (χ1) is 16.7. The fourth-order valence-electron chi connectivity index (χ4n) is 9.54. The van der Waals surface area contributed by atoms with Crippen LogP contribution in [0.2, 0.25) is 0 Å². The summed E-state index contributed by atoms with van der Waals surface area (Å²) in [6.45, 7) is 9.34. The van der Waals surface area contributed by atoms with E-state index >= 15 is 0 Å². The second kappa shape index (κ2) is 9.59. The van der Waals surface area contributed by atoms with Crippen molar-refractivity contribution in [2.75, 3.05) is 0 Å². The normalized spacial score (nSPS) is 42.5. The van der Waals surface area contributed by atoms with Crippen LogP contribution in [0, 0.1) is 46.3 Å². The summed E-state index contributed by atoms with van der Waals surface area (Å²) in [5.74, 6) is 3.25. The minimum atomic E-state index is -0.276. The molecular weight excluding hydrogens is 454 g/mol. The lowest BCUT2D eigenvalue weighted by atomic mass is 9.44. The maximum Gasteiger partial charge on any atom is 0.220 e. The van der Waals surface area contributed by atoms with Gasteiger partial charge in [0.1, 0.15) is 5.78 Å². The van der Waals surface area contributed by atoms with E-state index in [1.54, 1.807) is 11.3 Å². The number of aliphatic hydroxyl groups is 1. The molecule has 1 unspecified atom stereocenters. The number of Topliss-reactive ketones (excluding diaryl/α,β-unsaturated/α-hetero) is 1. The predicted molar refractivity (Wildman–Crippen MR) is 141 cm³/mol. The quantitative estimate of drug-likeness (QED) is 0.467. The van der Waals surface area contributed by atoms with E-state index in [0.29, 0.717) is 54.1 Å². The molecule has 1 amide bonds. The van der Waals surface area contributed by atoms with Crippen LogP contribution >= 0.6 is 11.3 Å². The second-order valence-corrected chi connectivity index (χ2v) is 14.0. The average Bonchev–Trinajstić information content (AvgIpc) is 3.46. The van der Waals surface area contributed by atoms with E-state index in [9.17, 15) is 14.7 Å². The highest BCUT2D eigenvalue weighted by Gasteiger charge is 2.62. The number of thiophene rings is 1. The van der Waals surface area contributed by atoms with Gasteiger partial charge in [0.05, 0.1) is 12.1 Å². The van der Waals surface area contributed by atoms with Crippen LogP contribution in [0.25, 0.3) is 0 Å². The van der Waals surface area contributed by atoms with Crippen molar-refractivity contribution < 1.29 is 14.7 Å². The molecule has 4 nitrogen and oxygen atoms in total. The Bertz CT molecular complexity index is 930. The van der Waals surface area contributed by atoms with Crippen molar-refractivity contribution in [3.63, 3.8) is 0 Å². The molecule has 0 aromatic carbocycles. The molecular formula is C30H45NO3S. The first-order valence-electron chi connectivity index (χ1n) is 14.2. The monoisotopic (exact) mass is 499 g/mol. The topological polar surface area (TPSA) is 66.4 Å². The summed E-state index contributed by atoms with van der Waals surface area (Å²) in [6.07, 6.45) is 9.17. The van der Waals surface area contributed by atoms with Gasteiger partial charge in [-0.15, -0.1) is 11.3 Å². The Balaban J connectivity index is 1.28. The molecule has 10 atom stereocenters. The summed E-state index contributed by atoms with van der Waals surface area (Å²) >= 11 is 1.72. The Morgan fingerprint density at radius 3 is 2.69 bits per heavy atom.